The maximum absolute atomic E-state index is 12.9. The standard InChI is InChI=1S/C27H35F3N6O3/c1-17-2-3-20(32-26(38)36-7-6-18(16-36)15-27(28,29)30)13-22(17)23-14-24(35-8-10-39-11-9-35)34-25(33-23)31-19-4-5-21(37)12-19/h2-3,13-14,18-19,21,37H,4-12,15-16H2,1H3,(H,32,38)(H,31,33,34)/t18?,19-,21+/m0/s1. The summed E-state index contributed by atoms with van der Waals surface area (Å²) < 4.78 is 43.8. The molecule has 3 aliphatic rings. The van der Waals surface area contributed by atoms with E-state index in [0.29, 0.717) is 63.0 Å². The molecule has 1 saturated carbocycles. The number of anilines is 3. The minimum Gasteiger partial charge on any atom is -0.393 e. The first-order valence-corrected chi connectivity index (χ1v) is 13.5. The van der Waals surface area contributed by atoms with Crippen molar-refractivity contribution in [3.63, 3.8) is 0 Å². The third-order valence-corrected chi connectivity index (χ3v) is 7.64. The van der Waals surface area contributed by atoms with Gasteiger partial charge in [-0.1, -0.05) is 6.07 Å². The van der Waals surface area contributed by atoms with Crippen molar-refractivity contribution < 1.29 is 27.8 Å². The molecule has 1 unspecified atom stereocenters. The molecule has 0 bridgehead atoms. The van der Waals surface area contributed by atoms with E-state index < -0.39 is 24.5 Å². The first-order chi connectivity index (χ1) is 18.6. The van der Waals surface area contributed by atoms with E-state index >= 15 is 0 Å². The van der Waals surface area contributed by atoms with Gasteiger partial charge in [-0.05, 0) is 56.2 Å². The van der Waals surface area contributed by atoms with E-state index in [0.717, 1.165) is 29.8 Å². The van der Waals surface area contributed by atoms with Crippen LogP contribution in [0.15, 0.2) is 24.3 Å². The summed E-state index contributed by atoms with van der Waals surface area (Å²) in [6, 6.07) is 7.11. The Labute approximate surface area is 225 Å². The molecule has 12 heteroatoms. The quantitative estimate of drug-likeness (QED) is 0.491. The molecule has 2 aliphatic heterocycles. The highest BCUT2D eigenvalue weighted by molar-refractivity contribution is 5.90. The van der Waals surface area contributed by atoms with Crippen LogP contribution in [-0.2, 0) is 4.74 Å². The van der Waals surface area contributed by atoms with E-state index in [4.69, 9.17) is 14.7 Å². The second-order valence-corrected chi connectivity index (χ2v) is 10.7. The molecule has 3 atom stereocenters. The van der Waals surface area contributed by atoms with Gasteiger partial charge in [-0.2, -0.15) is 18.2 Å². The predicted molar refractivity (Wildman–Crippen MR) is 142 cm³/mol. The topological polar surface area (TPSA) is 103 Å². The number of carbonyl (C=O) groups excluding carboxylic acids is 1. The van der Waals surface area contributed by atoms with Crippen LogP contribution >= 0.6 is 0 Å². The second-order valence-electron chi connectivity index (χ2n) is 10.7. The number of hydrogen-bond donors (Lipinski definition) is 3. The summed E-state index contributed by atoms with van der Waals surface area (Å²) in [5.41, 5.74) is 3.00. The molecule has 1 aliphatic carbocycles. The van der Waals surface area contributed by atoms with Crippen LogP contribution in [0.2, 0.25) is 0 Å². The molecule has 1 aromatic heterocycles. The van der Waals surface area contributed by atoms with Gasteiger partial charge in [0, 0.05) is 56.0 Å². The number of nitrogens with one attached hydrogen (secondary N) is 2. The van der Waals surface area contributed by atoms with Gasteiger partial charge in [0.15, 0.2) is 0 Å². The molecule has 2 saturated heterocycles. The van der Waals surface area contributed by atoms with Crippen LogP contribution < -0.4 is 15.5 Å². The van der Waals surface area contributed by atoms with Crippen LogP contribution in [0.25, 0.3) is 11.3 Å². The number of aliphatic hydroxyl groups is 1. The SMILES string of the molecule is Cc1ccc(NC(=O)N2CCC(CC(F)(F)F)C2)cc1-c1cc(N2CCOCC2)nc(N[C@H]2CC[C@@H](O)C2)n1. The number of aliphatic hydroxyl groups excluding tert-OH is 1. The van der Waals surface area contributed by atoms with Crippen molar-refractivity contribution in [2.45, 2.75) is 57.3 Å². The first kappa shape index (κ1) is 27.4. The number of ether oxygens (including phenoxy) is 1. The van der Waals surface area contributed by atoms with Crippen LogP contribution in [0.4, 0.5) is 35.4 Å². The van der Waals surface area contributed by atoms with E-state index in [1.54, 1.807) is 6.07 Å². The number of nitrogens with zero attached hydrogens (tertiary/aromatic N) is 4. The Morgan fingerprint density at radius 1 is 1.13 bits per heavy atom. The van der Waals surface area contributed by atoms with Gasteiger partial charge in [-0.3, -0.25) is 0 Å². The molecule has 39 heavy (non-hydrogen) atoms. The summed E-state index contributed by atoms with van der Waals surface area (Å²) in [5.74, 6) is 0.677. The van der Waals surface area contributed by atoms with Crippen molar-refractivity contribution in [2.75, 3.05) is 54.9 Å². The fourth-order valence-corrected chi connectivity index (χ4v) is 5.55. The summed E-state index contributed by atoms with van der Waals surface area (Å²) in [6.45, 7) is 4.97. The maximum atomic E-state index is 12.9. The molecular weight excluding hydrogens is 513 g/mol. The Hall–Kier alpha value is -3.12. The smallest absolute Gasteiger partial charge is 0.389 e. The number of alkyl halides is 3. The Morgan fingerprint density at radius 2 is 1.92 bits per heavy atom. The molecule has 2 aromatic rings. The highest BCUT2D eigenvalue weighted by atomic mass is 19.4. The van der Waals surface area contributed by atoms with E-state index in [1.165, 1.54) is 4.90 Å². The fourth-order valence-electron chi connectivity index (χ4n) is 5.55. The molecule has 212 valence electrons. The minimum atomic E-state index is -4.23. The number of rotatable bonds is 6. The van der Waals surface area contributed by atoms with E-state index in [1.807, 2.05) is 25.1 Å². The molecule has 0 radical (unpaired) electrons. The Kier molecular flexibility index (Phi) is 8.13. The van der Waals surface area contributed by atoms with E-state index in [2.05, 4.69) is 15.5 Å². The van der Waals surface area contributed by atoms with Gasteiger partial charge in [0.05, 0.1) is 25.0 Å². The van der Waals surface area contributed by atoms with Crippen molar-refractivity contribution in [2.24, 2.45) is 5.92 Å². The molecular formula is C27H35F3N6O3. The monoisotopic (exact) mass is 548 g/mol. The number of aryl methyl sites for hydroxylation is 1. The zero-order valence-electron chi connectivity index (χ0n) is 22.0. The average Bonchev–Trinajstić information content (AvgIpc) is 3.53. The van der Waals surface area contributed by atoms with Gasteiger partial charge in [0.25, 0.3) is 0 Å². The number of carbonyl (C=O) groups is 1. The molecule has 1 aromatic carbocycles. The average molecular weight is 549 g/mol. The van der Waals surface area contributed by atoms with Gasteiger partial charge in [0.1, 0.15) is 5.82 Å². The number of likely N-dealkylation sites (tertiary alicyclic amines) is 1. The van der Waals surface area contributed by atoms with Crippen LogP contribution in [0.1, 0.15) is 37.7 Å². The maximum Gasteiger partial charge on any atom is 0.389 e. The van der Waals surface area contributed by atoms with Crippen LogP contribution in [0, 0.1) is 12.8 Å². The third-order valence-electron chi connectivity index (χ3n) is 7.64. The summed E-state index contributed by atoms with van der Waals surface area (Å²) in [5, 5.41) is 16.2. The lowest BCUT2D eigenvalue weighted by Gasteiger charge is -2.28. The summed E-state index contributed by atoms with van der Waals surface area (Å²) in [4.78, 5) is 26.0. The Morgan fingerprint density at radius 3 is 2.64 bits per heavy atom. The number of morpholine rings is 1. The van der Waals surface area contributed by atoms with E-state index in [-0.39, 0.29) is 18.7 Å². The number of benzene rings is 1. The molecule has 2 amide bonds. The minimum absolute atomic E-state index is 0.0844. The third kappa shape index (κ3) is 7.10. The molecule has 3 fully saturated rings. The second kappa shape index (κ2) is 11.5. The largest absolute Gasteiger partial charge is 0.393 e. The van der Waals surface area contributed by atoms with Gasteiger partial charge in [0.2, 0.25) is 5.95 Å². The van der Waals surface area contributed by atoms with Crippen molar-refractivity contribution in [3.05, 3.63) is 29.8 Å². The molecule has 3 N–H and O–H groups in total. The van der Waals surface area contributed by atoms with Crippen molar-refractivity contribution in [1.29, 1.82) is 0 Å². The van der Waals surface area contributed by atoms with Gasteiger partial charge in [-0.15, -0.1) is 0 Å². The first-order valence-electron chi connectivity index (χ1n) is 13.5. The van der Waals surface area contributed by atoms with Crippen LogP contribution in [-0.4, -0.2) is 83.7 Å². The molecule has 9 nitrogen and oxygen atoms in total. The highest BCUT2D eigenvalue weighted by Crippen LogP contribution is 2.32. The lowest BCUT2D eigenvalue weighted by Crippen LogP contribution is -2.37. The number of halogens is 3. The lowest BCUT2D eigenvalue weighted by atomic mass is 10.0. The van der Waals surface area contributed by atoms with E-state index in [9.17, 15) is 23.1 Å². The zero-order chi connectivity index (χ0) is 27.6. The highest BCUT2D eigenvalue weighted by Gasteiger charge is 2.36. The molecule has 3 heterocycles. The molecule has 5 rings (SSSR count). The van der Waals surface area contributed by atoms with Crippen LogP contribution in [0.3, 0.4) is 0 Å². The van der Waals surface area contributed by atoms with Crippen molar-refractivity contribution >= 4 is 23.5 Å². The van der Waals surface area contributed by atoms with Gasteiger partial charge >= 0.3 is 12.2 Å². The lowest BCUT2D eigenvalue weighted by molar-refractivity contribution is -0.143. The number of amides is 2. The van der Waals surface area contributed by atoms with Crippen molar-refractivity contribution in [3.8, 4) is 11.3 Å². The van der Waals surface area contributed by atoms with Crippen LogP contribution in [0.5, 0.6) is 0 Å². The number of hydrogen-bond acceptors (Lipinski definition) is 7. The zero-order valence-corrected chi connectivity index (χ0v) is 22.0. The van der Waals surface area contributed by atoms with Gasteiger partial charge in [-0.25, -0.2) is 9.78 Å². The predicted octanol–water partition coefficient (Wildman–Crippen LogP) is 4.42. The van der Waals surface area contributed by atoms with Gasteiger partial charge < -0.3 is 30.3 Å². The normalized spacial score (nSPS) is 23.8. The fraction of sp³-hybridized carbons (Fsp3) is 0.593. The Balaban J connectivity index is 1.36. The Bertz CT molecular complexity index is 1170. The summed E-state index contributed by atoms with van der Waals surface area (Å²) in [6.07, 6.45) is -2.88. The molecule has 0 spiro atoms. The summed E-state index contributed by atoms with van der Waals surface area (Å²) in [7, 11) is 0. The van der Waals surface area contributed by atoms with Crippen molar-refractivity contribution in [1.82, 2.24) is 14.9 Å². The number of aromatic nitrogens is 2. The summed E-state index contributed by atoms with van der Waals surface area (Å²) >= 11 is 0. The number of urea groups is 1.